The average molecular weight is 517 g/mol. The first kappa shape index (κ1) is 26.6. The fraction of sp³-hybridized carbons (Fsp3) is 0.750. The molecule has 4 saturated carbocycles. The molecule has 0 spiro atoms. The highest BCUT2D eigenvalue weighted by Crippen LogP contribution is 2.77. The van der Waals surface area contributed by atoms with Gasteiger partial charge >= 0.3 is 5.97 Å². The lowest BCUT2D eigenvalue weighted by Gasteiger charge is -2.72. The van der Waals surface area contributed by atoms with Crippen molar-refractivity contribution in [1.82, 2.24) is 0 Å². The second-order valence-electron chi connectivity index (χ2n) is 15.5. The normalized spacial score (nSPS) is 45.2. The number of fused-ring (bicyclic) bond motifs is 7. The maximum absolute atomic E-state index is 12.0. The molecule has 0 radical (unpaired) electrons. The average Bonchev–Trinajstić information content (AvgIpc) is 3.33. The van der Waals surface area contributed by atoms with Gasteiger partial charge in [-0.05, 0) is 132 Å². The predicted molar refractivity (Wildman–Crippen MR) is 157 cm³/mol. The van der Waals surface area contributed by atoms with Crippen molar-refractivity contribution in [3.8, 4) is 0 Å². The molecule has 1 aromatic carbocycles. The Morgan fingerprint density at radius 3 is 2.26 bits per heavy atom. The van der Waals surface area contributed by atoms with E-state index in [1.165, 1.54) is 88.9 Å². The third-order valence-electron chi connectivity index (χ3n) is 14.4. The van der Waals surface area contributed by atoms with Crippen LogP contribution >= 0.6 is 0 Å². The molecule has 4 fully saturated rings. The van der Waals surface area contributed by atoms with Crippen LogP contribution in [0.4, 0.5) is 0 Å². The Balaban J connectivity index is 1.33. The number of carbonyl (C=O) groups is 1. The van der Waals surface area contributed by atoms with Crippen LogP contribution in [0.5, 0.6) is 0 Å². The molecule has 0 aliphatic heterocycles. The molecule has 3 unspecified atom stereocenters. The fourth-order valence-corrected chi connectivity index (χ4v) is 12.3. The number of benzene rings is 1. The van der Waals surface area contributed by atoms with Crippen LogP contribution in [-0.2, 0) is 4.74 Å². The second-order valence-corrected chi connectivity index (χ2v) is 15.5. The summed E-state index contributed by atoms with van der Waals surface area (Å²) in [7, 11) is 1.45. The van der Waals surface area contributed by atoms with E-state index in [1.54, 1.807) is 0 Å². The third kappa shape index (κ3) is 3.33. The number of methoxy groups -OCH3 is 1. The molecular formula is C36H52O2. The van der Waals surface area contributed by atoms with Crippen molar-refractivity contribution < 1.29 is 9.53 Å². The van der Waals surface area contributed by atoms with E-state index in [-0.39, 0.29) is 11.4 Å². The van der Waals surface area contributed by atoms with Gasteiger partial charge in [-0.1, -0.05) is 72.6 Å². The largest absolute Gasteiger partial charge is 0.465 e. The van der Waals surface area contributed by atoms with Crippen molar-refractivity contribution in [2.45, 2.75) is 112 Å². The van der Waals surface area contributed by atoms with Crippen molar-refractivity contribution in [3.05, 3.63) is 41.5 Å². The van der Waals surface area contributed by atoms with Crippen molar-refractivity contribution in [2.24, 2.45) is 50.7 Å². The van der Waals surface area contributed by atoms with Crippen LogP contribution < -0.4 is 0 Å². The van der Waals surface area contributed by atoms with Crippen LogP contribution in [0, 0.1) is 50.7 Å². The molecule has 0 aromatic heterocycles. The van der Waals surface area contributed by atoms with E-state index < -0.39 is 0 Å². The quantitative estimate of drug-likeness (QED) is 0.374. The SMILES string of the molecule is CC[C@]12CCCC1[C@H]1CCC3[C@@]4(C)CC=C(c5ccc(C(=O)OC)cc5)C(C)(C)C4CC[C@@]3(C)[C@]1(C)CC2. The maximum Gasteiger partial charge on any atom is 0.337 e. The predicted octanol–water partition coefficient (Wildman–Crippen LogP) is 9.73. The highest BCUT2D eigenvalue weighted by Gasteiger charge is 2.69. The highest BCUT2D eigenvalue weighted by molar-refractivity contribution is 5.89. The lowest BCUT2D eigenvalue weighted by Crippen LogP contribution is -2.64. The van der Waals surface area contributed by atoms with Gasteiger partial charge in [0.2, 0.25) is 0 Å². The Kier molecular flexibility index (Phi) is 6.11. The van der Waals surface area contributed by atoms with Gasteiger partial charge in [-0.25, -0.2) is 4.79 Å². The van der Waals surface area contributed by atoms with E-state index in [4.69, 9.17) is 4.74 Å². The number of hydrogen-bond acceptors (Lipinski definition) is 2. The van der Waals surface area contributed by atoms with E-state index in [9.17, 15) is 4.79 Å². The molecule has 208 valence electrons. The van der Waals surface area contributed by atoms with E-state index in [0.717, 1.165) is 17.8 Å². The minimum Gasteiger partial charge on any atom is -0.465 e. The van der Waals surface area contributed by atoms with Gasteiger partial charge in [-0.3, -0.25) is 0 Å². The summed E-state index contributed by atoms with van der Waals surface area (Å²) in [5.41, 5.74) is 5.48. The molecule has 0 bridgehead atoms. The van der Waals surface area contributed by atoms with Crippen LogP contribution in [0.25, 0.3) is 5.57 Å². The van der Waals surface area contributed by atoms with Crippen LogP contribution in [0.15, 0.2) is 30.3 Å². The van der Waals surface area contributed by atoms with Gasteiger partial charge in [0.25, 0.3) is 0 Å². The smallest absolute Gasteiger partial charge is 0.337 e. The van der Waals surface area contributed by atoms with Gasteiger partial charge in [0.15, 0.2) is 0 Å². The van der Waals surface area contributed by atoms with Crippen molar-refractivity contribution in [1.29, 1.82) is 0 Å². The molecule has 6 rings (SSSR count). The van der Waals surface area contributed by atoms with Crippen molar-refractivity contribution in [2.75, 3.05) is 7.11 Å². The van der Waals surface area contributed by atoms with Gasteiger partial charge in [0.05, 0.1) is 12.7 Å². The van der Waals surface area contributed by atoms with Crippen molar-refractivity contribution >= 4 is 11.5 Å². The van der Waals surface area contributed by atoms with Crippen molar-refractivity contribution in [3.63, 3.8) is 0 Å². The van der Waals surface area contributed by atoms with Gasteiger partial charge in [0.1, 0.15) is 0 Å². The summed E-state index contributed by atoms with van der Waals surface area (Å²) < 4.78 is 4.93. The Labute approximate surface area is 232 Å². The molecule has 0 amide bonds. The molecule has 8 atom stereocenters. The molecule has 2 heteroatoms. The first-order valence-corrected chi connectivity index (χ1v) is 15.9. The molecule has 0 heterocycles. The summed E-state index contributed by atoms with van der Waals surface area (Å²) in [5, 5.41) is 0. The standard InChI is InChI=1S/C36H52O2/c1-8-36-19-9-10-28(36)27-15-16-30-33(4)20-17-26(24-11-13-25(14-12-24)31(37)38-7)32(2,3)29(33)18-21-35(30,6)34(27,5)22-23-36/h11-14,17,27-30H,8-10,15-16,18-23H2,1-7H3/t27-,28?,29?,30?,33+,34-,35-,36-/m1/s1. The van der Waals surface area contributed by atoms with Crippen LogP contribution in [0.3, 0.4) is 0 Å². The molecular weight excluding hydrogens is 464 g/mol. The van der Waals surface area contributed by atoms with Crippen LogP contribution in [-0.4, -0.2) is 13.1 Å². The number of carbonyl (C=O) groups excluding carboxylic acids is 1. The summed E-state index contributed by atoms with van der Waals surface area (Å²) in [4.78, 5) is 12.0. The number of allylic oxidation sites excluding steroid dienone is 2. The van der Waals surface area contributed by atoms with Gasteiger partial charge in [0, 0.05) is 0 Å². The van der Waals surface area contributed by atoms with E-state index in [0.29, 0.717) is 33.1 Å². The zero-order chi connectivity index (χ0) is 27.1. The van der Waals surface area contributed by atoms with Crippen LogP contribution in [0.2, 0.25) is 0 Å². The fourth-order valence-electron chi connectivity index (χ4n) is 12.3. The topological polar surface area (TPSA) is 26.3 Å². The molecule has 5 aliphatic carbocycles. The molecule has 0 saturated heterocycles. The number of hydrogen-bond donors (Lipinski definition) is 0. The molecule has 2 nitrogen and oxygen atoms in total. The zero-order valence-corrected chi connectivity index (χ0v) is 25.3. The lowest BCUT2D eigenvalue weighted by atomic mass is 9.32. The number of ether oxygens (including phenoxy) is 1. The first-order valence-electron chi connectivity index (χ1n) is 15.9. The lowest BCUT2D eigenvalue weighted by molar-refractivity contribution is -0.223. The third-order valence-corrected chi connectivity index (χ3v) is 14.4. The monoisotopic (exact) mass is 516 g/mol. The molecule has 0 N–H and O–H groups in total. The zero-order valence-electron chi connectivity index (χ0n) is 25.3. The number of rotatable bonds is 3. The van der Waals surface area contributed by atoms with Gasteiger partial charge in [-0.15, -0.1) is 0 Å². The summed E-state index contributed by atoms with van der Waals surface area (Å²) in [6.07, 6.45) is 18.3. The Morgan fingerprint density at radius 1 is 0.842 bits per heavy atom. The molecule has 5 aliphatic rings. The minimum atomic E-state index is -0.256. The van der Waals surface area contributed by atoms with E-state index in [2.05, 4.69) is 59.8 Å². The molecule has 38 heavy (non-hydrogen) atoms. The van der Waals surface area contributed by atoms with Crippen LogP contribution in [0.1, 0.15) is 128 Å². The molecule has 1 aromatic rings. The summed E-state index contributed by atoms with van der Waals surface area (Å²) in [5.74, 6) is 3.17. The summed E-state index contributed by atoms with van der Waals surface area (Å²) in [6, 6.07) is 8.17. The maximum atomic E-state index is 12.0. The Bertz CT molecular complexity index is 1130. The highest BCUT2D eigenvalue weighted by atomic mass is 16.5. The first-order chi connectivity index (χ1) is 18.0. The summed E-state index contributed by atoms with van der Waals surface area (Å²) in [6.45, 7) is 15.7. The van der Waals surface area contributed by atoms with E-state index in [1.807, 2.05) is 12.1 Å². The van der Waals surface area contributed by atoms with Gasteiger partial charge < -0.3 is 4.74 Å². The Hall–Kier alpha value is -1.57. The Morgan fingerprint density at radius 2 is 1.58 bits per heavy atom. The number of esters is 1. The van der Waals surface area contributed by atoms with Gasteiger partial charge in [-0.2, -0.15) is 0 Å². The summed E-state index contributed by atoms with van der Waals surface area (Å²) >= 11 is 0. The minimum absolute atomic E-state index is 0.119. The second kappa shape index (κ2) is 8.71. The van der Waals surface area contributed by atoms with E-state index >= 15 is 0 Å².